The summed E-state index contributed by atoms with van der Waals surface area (Å²) in [5.41, 5.74) is -0.0877. The fourth-order valence-electron chi connectivity index (χ4n) is 1.53. The maximum atomic E-state index is 11.7. The maximum Gasteiger partial charge on any atom is 0.259 e. The number of Topliss-reactive ketones (excluding diaryl/α,β-unsaturated/α-hetero) is 1. The van der Waals surface area contributed by atoms with Crippen LogP contribution in [0.5, 0.6) is 0 Å². The molecule has 0 bridgehead atoms. The Labute approximate surface area is 83.0 Å². The Morgan fingerprint density at radius 1 is 1.57 bits per heavy atom. The zero-order chi connectivity index (χ0) is 10.9. The van der Waals surface area contributed by atoms with Gasteiger partial charge in [0.25, 0.3) is 5.91 Å². The zero-order valence-electron chi connectivity index (χ0n) is 8.63. The lowest BCUT2D eigenvalue weighted by Crippen LogP contribution is -2.35. The van der Waals surface area contributed by atoms with Gasteiger partial charge >= 0.3 is 0 Å². The van der Waals surface area contributed by atoms with Gasteiger partial charge in [-0.15, -0.1) is 0 Å². The molecule has 0 unspecified atom stereocenters. The van der Waals surface area contributed by atoms with Gasteiger partial charge in [0.1, 0.15) is 11.3 Å². The molecule has 4 nitrogen and oxygen atoms in total. The van der Waals surface area contributed by atoms with Crippen LogP contribution in [-0.2, 0) is 9.59 Å². The lowest BCUT2D eigenvalue weighted by atomic mass is 9.95. The van der Waals surface area contributed by atoms with Crippen LogP contribution in [0.25, 0.3) is 0 Å². The first-order valence-corrected chi connectivity index (χ1v) is 4.74. The summed E-state index contributed by atoms with van der Waals surface area (Å²) in [7, 11) is 0. The SMILES string of the molecule is CC[C@@H](C)[C@@H]1NC(=O)/C(=C(\C)O)C1=O. The van der Waals surface area contributed by atoms with Gasteiger partial charge in [-0.3, -0.25) is 9.59 Å². The number of allylic oxidation sites excluding steroid dienone is 1. The second-order valence-corrected chi connectivity index (χ2v) is 3.66. The van der Waals surface area contributed by atoms with Gasteiger partial charge in [0.15, 0.2) is 5.78 Å². The van der Waals surface area contributed by atoms with E-state index in [1.807, 2.05) is 13.8 Å². The number of aliphatic hydroxyl groups excluding tert-OH is 1. The van der Waals surface area contributed by atoms with Crippen molar-refractivity contribution in [3.05, 3.63) is 11.3 Å². The molecule has 1 saturated heterocycles. The molecule has 2 N–H and O–H groups in total. The number of hydrogen-bond donors (Lipinski definition) is 2. The number of hydrogen-bond acceptors (Lipinski definition) is 3. The Morgan fingerprint density at radius 2 is 2.14 bits per heavy atom. The lowest BCUT2D eigenvalue weighted by molar-refractivity contribution is -0.117. The van der Waals surface area contributed by atoms with Crippen molar-refractivity contribution >= 4 is 11.7 Å². The summed E-state index contributed by atoms with van der Waals surface area (Å²) >= 11 is 0. The molecule has 0 aliphatic carbocycles. The van der Waals surface area contributed by atoms with Gasteiger partial charge < -0.3 is 10.4 Å². The minimum Gasteiger partial charge on any atom is -0.512 e. The smallest absolute Gasteiger partial charge is 0.259 e. The van der Waals surface area contributed by atoms with E-state index in [9.17, 15) is 9.59 Å². The Balaban J connectivity index is 2.97. The zero-order valence-corrected chi connectivity index (χ0v) is 8.63. The molecule has 1 aliphatic rings. The molecule has 0 aromatic carbocycles. The van der Waals surface area contributed by atoms with E-state index >= 15 is 0 Å². The first-order chi connectivity index (χ1) is 6.49. The molecule has 1 amide bonds. The Hall–Kier alpha value is -1.32. The van der Waals surface area contributed by atoms with Crippen molar-refractivity contribution in [2.75, 3.05) is 0 Å². The Morgan fingerprint density at radius 3 is 2.50 bits per heavy atom. The third-order valence-electron chi connectivity index (χ3n) is 2.62. The van der Waals surface area contributed by atoms with Crippen molar-refractivity contribution in [3.63, 3.8) is 0 Å². The lowest BCUT2D eigenvalue weighted by Gasteiger charge is -2.14. The molecule has 0 radical (unpaired) electrons. The quantitative estimate of drug-likeness (QED) is 0.393. The summed E-state index contributed by atoms with van der Waals surface area (Å²) in [4.78, 5) is 23.0. The first kappa shape index (κ1) is 10.8. The molecule has 2 atom stereocenters. The predicted octanol–water partition coefficient (Wildman–Crippen LogP) is 0.932. The van der Waals surface area contributed by atoms with E-state index in [0.29, 0.717) is 0 Å². The van der Waals surface area contributed by atoms with E-state index in [2.05, 4.69) is 5.32 Å². The van der Waals surface area contributed by atoms with Crippen LogP contribution in [0.4, 0.5) is 0 Å². The number of amides is 1. The minimum absolute atomic E-state index is 0.0877. The number of carbonyl (C=O) groups excluding carboxylic acids is 2. The average Bonchev–Trinajstić information content (AvgIpc) is 2.40. The van der Waals surface area contributed by atoms with Gasteiger partial charge in [-0.1, -0.05) is 20.3 Å². The highest BCUT2D eigenvalue weighted by atomic mass is 16.3. The normalized spacial score (nSPS) is 27.5. The van der Waals surface area contributed by atoms with Crippen LogP contribution in [0.15, 0.2) is 11.3 Å². The van der Waals surface area contributed by atoms with E-state index in [1.54, 1.807) is 0 Å². The number of carbonyl (C=O) groups is 2. The summed E-state index contributed by atoms with van der Waals surface area (Å²) < 4.78 is 0. The molecule has 1 heterocycles. The number of rotatable bonds is 2. The van der Waals surface area contributed by atoms with Crippen LogP contribution in [0.1, 0.15) is 27.2 Å². The van der Waals surface area contributed by atoms with Crippen LogP contribution >= 0.6 is 0 Å². The second kappa shape index (κ2) is 3.82. The molecule has 14 heavy (non-hydrogen) atoms. The van der Waals surface area contributed by atoms with Crippen molar-refractivity contribution in [2.24, 2.45) is 5.92 Å². The van der Waals surface area contributed by atoms with Crippen molar-refractivity contribution < 1.29 is 14.7 Å². The van der Waals surface area contributed by atoms with E-state index in [-0.39, 0.29) is 23.0 Å². The molecule has 0 aromatic rings. The minimum atomic E-state index is -0.468. The first-order valence-electron chi connectivity index (χ1n) is 4.74. The molecule has 1 fully saturated rings. The largest absolute Gasteiger partial charge is 0.512 e. The monoisotopic (exact) mass is 197 g/mol. The summed E-state index contributed by atoms with van der Waals surface area (Å²) in [6.07, 6.45) is 0.814. The van der Waals surface area contributed by atoms with E-state index < -0.39 is 11.9 Å². The summed E-state index contributed by atoms with van der Waals surface area (Å²) in [5, 5.41) is 11.7. The second-order valence-electron chi connectivity index (χ2n) is 3.66. The molecule has 0 aromatic heterocycles. The maximum absolute atomic E-state index is 11.7. The Kier molecular flexibility index (Phi) is 2.93. The predicted molar refractivity (Wildman–Crippen MR) is 51.7 cm³/mol. The highest BCUT2D eigenvalue weighted by Gasteiger charge is 2.39. The topological polar surface area (TPSA) is 66.4 Å². The van der Waals surface area contributed by atoms with E-state index in [0.717, 1.165) is 6.42 Å². The highest BCUT2D eigenvalue weighted by molar-refractivity contribution is 6.26. The van der Waals surface area contributed by atoms with Gasteiger partial charge in [-0.2, -0.15) is 0 Å². The third kappa shape index (κ3) is 1.64. The van der Waals surface area contributed by atoms with Crippen molar-refractivity contribution in [1.82, 2.24) is 5.32 Å². The summed E-state index contributed by atoms with van der Waals surface area (Å²) in [5.74, 6) is -0.841. The van der Waals surface area contributed by atoms with Gasteiger partial charge in [-0.05, 0) is 12.8 Å². The molecule has 1 rings (SSSR count). The molecule has 0 saturated carbocycles. The molecule has 4 heteroatoms. The van der Waals surface area contributed by atoms with Crippen molar-refractivity contribution in [2.45, 2.75) is 33.2 Å². The van der Waals surface area contributed by atoms with Gasteiger partial charge in [0.2, 0.25) is 0 Å². The molecule has 78 valence electrons. The number of aliphatic hydroxyl groups is 1. The molecule has 1 aliphatic heterocycles. The standard InChI is InChI=1S/C10H15NO3/c1-4-5(2)8-9(13)7(6(3)12)10(14)11-8/h5,8,12H,4H2,1-3H3,(H,11,14)/b7-6+/t5-,8+/m1/s1. The van der Waals surface area contributed by atoms with Crippen molar-refractivity contribution in [1.29, 1.82) is 0 Å². The molecule has 0 spiro atoms. The van der Waals surface area contributed by atoms with E-state index in [1.165, 1.54) is 6.92 Å². The number of ketones is 1. The van der Waals surface area contributed by atoms with Crippen LogP contribution in [-0.4, -0.2) is 22.8 Å². The fraction of sp³-hybridized carbons (Fsp3) is 0.600. The summed E-state index contributed by atoms with van der Waals surface area (Å²) in [6, 6.07) is -0.468. The van der Waals surface area contributed by atoms with Crippen molar-refractivity contribution in [3.8, 4) is 0 Å². The molecular weight excluding hydrogens is 182 g/mol. The fourth-order valence-corrected chi connectivity index (χ4v) is 1.53. The highest BCUT2D eigenvalue weighted by Crippen LogP contribution is 2.20. The van der Waals surface area contributed by atoms with Crippen LogP contribution < -0.4 is 5.32 Å². The Bertz CT molecular complexity index is 302. The van der Waals surface area contributed by atoms with Gasteiger partial charge in [-0.25, -0.2) is 0 Å². The molecular formula is C10H15NO3. The third-order valence-corrected chi connectivity index (χ3v) is 2.62. The van der Waals surface area contributed by atoms with Crippen LogP contribution in [0.3, 0.4) is 0 Å². The average molecular weight is 197 g/mol. The van der Waals surface area contributed by atoms with Gasteiger partial charge in [0, 0.05) is 0 Å². The van der Waals surface area contributed by atoms with Crippen LogP contribution in [0, 0.1) is 5.92 Å². The number of nitrogens with one attached hydrogen (secondary N) is 1. The summed E-state index contributed by atoms with van der Waals surface area (Å²) in [6.45, 7) is 5.21. The van der Waals surface area contributed by atoms with E-state index in [4.69, 9.17) is 5.11 Å². The van der Waals surface area contributed by atoms with Gasteiger partial charge in [0.05, 0.1) is 6.04 Å². The van der Waals surface area contributed by atoms with Crippen LogP contribution in [0.2, 0.25) is 0 Å².